The Morgan fingerprint density at radius 1 is 1.05 bits per heavy atom. The number of alkyl halides is 3. The van der Waals surface area contributed by atoms with Crippen molar-refractivity contribution in [3.8, 4) is 0 Å². The van der Waals surface area contributed by atoms with Gasteiger partial charge in [-0.3, -0.25) is 9.36 Å². The van der Waals surface area contributed by atoms with E-state index < -0.39 is 24.9 Å². The number of nitrogens with zero attached hydrogens (tertiary/aromatic N) is 3. The minimum absolute atomic E-state index is 0.0456. The van der Waals surface area contributed by atoms with Gasteiger partial charge in [0.25, 0.3) is 5.91 Å². The Kier molecular flexibility index (Phi) is 9.13. The molecule has 43 heavy (non-hydrogen) atoms. The lowest BCUT2D eigenvalue weighted by atomic mass is 9.81. The maximum absolute atomic E-state index is 14.0. The van der Waals surface area contributed by atoms with E-state index in [1.54, 1.807) is 49.2 Å². The second-order valence-electron chi connectivity index (χ2n) is 11.2. The summed E-state index contributed by atoms with van der Waals surface area (Å²) >= 11 is 0. The number of anilines is 4. The zero-order valence-electron chi connectivity index (χ0n) is 24.6. The topological polar surface area (TPSA) is 96.4 Å². The number of aromatic nitrogens is 2. The second-order valence-corrected chi connectivity index (χ2v) is 14.0. The lowest BCUT2D eigenvalue weighted by Crippen LogP contribution is -2.18. The van der Waals surface area contributed by atoms with E-state index in [1.165, 1.54) is 6.42 Å². The molecule has 2 aliphatic rings. The molecule has 1 unspecified atom stereocenters. The summed E-state index contributed by atoms with van der Waals surface area (Å²) in [5.74, 6) is -0.378. The Labute approximate surface area is 249 Å². The molecule has 8 nitrogen and oxygen atoms in total. The molecule has 1 aliphatic heterocycles. The largest absolute Gasteiger partial charge is 0.421 e. The summed E-state index contributed by atoms with van der Waals surface area (Å²) in [4.78, 5) is 22.9. The molecule has 2 heterocycles. The summed E-state index contributed by atoms with van der Waals surface area (Å²) < 4.78 is 60.5. The van der Waals surface area contributed by atoms with Crippen LogP contribution in [0.25, 0.3) is 0 Å². The van der Waals surface area contributed by atoms with E-state index in [-0.39, 0.29) is 17.5 Å². The van der Waals surface area contributed by atoms with Gasteiger partial charge in [-0.1, -0.05) is 44.4 Å². The number of amides is 1. The first-order valence-electron chi connectivity index (χ1n) is 14.7. The zero-order valence-corrected chi connectivity index (χ0v) is 25.5. The Morgan fingerprint density at radius 3 is 2.42 bits per heavy atom. The Bertz CT molecular complexity index is 1520. The molecule has 1 fully saturated rings. The second kappa shape index (κ2) is 12.7. The summed E-state index contributed by atoms with van der Waals surface area (Å²) in [6.07, 6.45) is 2.27. The van der Waals surface area contributed by atoms with Crippen molar-refractivity contribution >= 4 is 36.4 Å². The Morgan fingerprint density at radius 2 is 1.77 bits per heavy atom. The van der Waals surface area contributed by atoms with E-state index in [2.05, 4.69) is 20.6 Å². The van der Waals surface area contributed by atoms with Gasteiger partial charge in [-0.05, 0) is 60.6 Å². The van der Waals surface area contributed by atoms with Gasteiger partial charge in [-0.25, -0.2) is 4.98 Å². The number of rotatable bonds is 10. The summed E-state index contributed by atoms with van der Waals surface area (Å²) in [5, 5.41) is 5.79. The first kappa shape index (κ1) is 31.0. The molecule has 1 aliphatic carbocycles. The third-order valence-corrected chi connectivity index (χ3v) is 10.7. The van der Waals surface area contributed by atoms with Gasteiger partial charge >= 0.3 is 6.18 Å². The lowest BCUT2D eigenvalue weighted by Gasteiger charge is -2.25. The predicted octanol–water partition coefficient (Wildman–Crippen LogP) is 8.45. The van der Waals surface area contributed by atoms with Crippen LogP contribution in [-0.2, 0) is 28.0 Å². The number of fused-ring (bicyclic) bond motifs is 1. The van der Waals surface area contributed by atoms with Crippen LogP contribution >= 0.6 is 7.37 Å². The van der Waals surface area contributed by atoms with E-state index in [0.29, 0.717) is 42.6 Å². The van der Waals surface area contributed by atoms with Crippen LogP contribution < -0.4 is 10.6 Å². The van der Waals surface area contributed by atoms with Crippen molar-refractivity contribution in [2.75, 3.05) is 30.5 Å². The zero-order chi connectivity index (χ0) is 30.8. The highest BCUT2D eigenvalue weighted by Gasteiger charge is 2.37. The molecule has 230 valence electrons. The number of carbonyl (C=O) groups is 1. The molecule has 1 aromatic heterocycles. The number of nitrogens with one attached hydrogen (secondary N) is 2. The van der Waals surface area contributed by atoms with Gasteiger partial charge in [0.1, 0.15) is 11.4 Å². The van der Waals surface area contributed by atoms with Crippen LogP contribution in [0.4, 0.5) is 36.3 Å². The van der Waals surface area contributed by atoms with E-state index in [1.807, 2.05) is 13.0 Å². The van der Waals surface area contributed by atoms with E-state index in [0.717, 1.165) is 48.6 Å². The number of hydrogen-bond acceptors (Lipinski definition) is 7. The fraction of sp³-hybridized carbons (Fsp3) is 0.452. The third-order valence-electron chi connectivity index (χ3n) is 8.18. The SMILES string of the molecule is CCOP(=O)(CC)Cc1ccc(Nc2ncc(C(F)(F)F)c(Nc3ccc(C4CCCCC4)c4c3C(=O)N(C)C4)n2)cc1. The van der Waals surface area contributed by atoms with Crippen molar-refractivity contribution in [2.24, 2.45) is 0 Å². The quantitative estimate of drug-likeness (QED) is 0.221. The fourth-order valence-corrected chi connectivity index (χ4v) is 7.67. The maximum Gasteiger partial charge on any atom is 0.421 e. The van der Waals surface area contributed by atoms with Crippen LogP contribution in [0.15, 0.2) is 42.6 Å². The first-order valence-corrected chi connectivity index (χ1v) is 16.7. The molecule has 0 bridgehead atoms. The van der Waals surface area contributed by atoms with Gasteiger partial charge in [0.2, 0.25) is 13.3 Å². The first-order chi connectivity index (χ1) is 20.5. The van der Waals surface area contributed by atoms with Crippen molar-refractivity contribution in [1.29, 1.82) is 0 Å². The highest BCUT2D eigenvalue weighted by molar-refractivity contribution is 7.58. The van der Waals surface area contributed by atoms with Gasteiger partial charge in [-0.15, -0.1) is 0 Å². The molecule has 3 aromatic rings. The lowest BCUT2D eigenvalue weighted by molar-refractivity contribution is -0.137. The Hall–Kier alpha value is -3.43. The molecule has 1 atom stereocenters. The molecule has 12 heteroatoms. The molecule has 2 N–H and O–H groups in total. The van der Waals surface area contributed by atoms with Crippen molar-refractivity contribution < 1.29 is 27.1 Å². The monoisotopic (exact) mass is 615 g/mol. The van der Waals surface area contributed by atoms with Crippen molar-refractivity contribution in [3.63, 3.8) is 0 Å². The number of halogens is 3. The average Bonchev–Trinajstić information content (AvgIpc) is 3.28. The van der Waals surface area contributed by atoms with Crippen molar-refractivity contribution in [1.82, 2.24) is 14.9 Å². The van der Waals surface area contributed by atoms with E-state index in [4.69, 9.17) is 4.52 Å². The molecule has 0 saturated heterocycles. The van der Waals surface area contributed by atoms with Crippen LogP contribution in [0.3, 0.4) is 0 Å². The average molecular weight is 616 g/mol. The molecule has 1 amide bonds. The predicted molar refractivity (Wildman–Crippen MR) is 162 cm³/mol. The summed E-state index contributed by atoms with van der Waals surface area (Å²) in [5.41, 5.74) is 3.01. The maximum atomic E-state index is 14.0. The van der Waals surface area contributed by atoms with Gasteiger partial charge in [-0.2, -0.15) is 18.2 Å². The minimum Gasteiger partial charge on any atom is -0.339 e. The highest BCUT2D eigenvalue weighted by atomic mass is 31.2. The van der Waals surface area contributed by atoms with Gasteiger partial charge in [0.15, 0.2) is 0 Å². The summed E-state index contributed by atoms with van der Waals surface area (Å²) in [6, 6.07) is 10.7. The molecule has 0 radical (unpaired) electrons. The third kappa shape index (κ3) is 6.88. The van der Waals surface area contributed by atoms with Crippen molar-refractivity contribution in [3.05, 3.63) is 70.4 Å². The fourth-order valence-electron chi connectivity index (χ4n) is 5.94. The van der Waals surface area contributed by atoms with E-state index in [9.17, 15) is 22.5 Å². The highest BCUT2D eigenvalue weighted by Crippen LogP contribution is 2.49. The molecule has 1 saturated carbocycles. The molecular weight excluding hydrogens is 578 g/mol. The Balaban J connectivity index is 1.43. The van der Waals surface area contributed by atoms with Gasteiger partial charge in [0, 0.05) is 37.8 Å². The van der Waals surface area contributed by atoms with E-state index >= 15 is 0 Å². The minimum atomic E-state index is -4.72. The number of benzene rings is 2. The number of carbonyl (C=O) groups excluding carboxylic acids is 1. The molecule has 5 rings (SSSR count). The van der Waals surface area contributed by atoms with Crippen LogP contribution in [0.1, 0.15) is 84.5 Å². The molecule has 2 aromatic carbocycles. The molecular formula is C31H37F3N5O3P. The van der Waals surface area contributed by atoms with Crippen LogP contribution in [0.5, 0.6) is 0 Å². The van der Waals surface area contributed by atoms with Crippen LogP contribution in [0, 0.1) is 0 Å². The van der Waals surface area contributed by atoms with Crippen LogP contribution in [-0.4, -0.2) is 40.6 Å². The van der Waals surface area contributed by atoms with Gasteiger partial charge < -0.3 is 20.1 Å². The smallest absolute Gasteiger partial charge is 0.339 e. The normalized spacial score (nSPS) is 17.1. The van der Waals surface area contributed by atoms with Crippen molar-refractivity contribution in [2.45, 2.75) is 70.8 Å². The number of hydrogen-bond donors (Lipinski definition) is 2. The summed E-state index contributed by atoms with van der Waals surface area (Å²) in [6.45, 7) is 4.42. The summed E-state index contributed by atoms with van der Waals surface area (Å²) in [7, 11) is -1.08. The molecule has 0 spiro atoms. The van der Waals surface area contributed by atoms with Gasteiger partial charge in [0.05, 0.1) is 17.9 Å². The standard InChI is InChI=1S/C31H37F3N5O3P/c1-4-42-43(41,5-2)19-20-11-13-22(14-12-20)36-30-35-17-25(31(32,33)34)28(38-30)37-26-16-15-23(21-9-7-6-8-10-21)24-18-39(3)29(40)27(24)26/h11-17,21H,4-10,18-19H2,1-3H3,(H2,35,36,37,38). The van der Waals surface area contributed by atoms with Crippen LogP contribution in [0.2, 0.25) is 0 Å².